The van der Waals surface area contributed by atoms with Crippen molar-refractivity contribution in [3.05, 3.63) is 0 Å². The van der Waals surface area contributed by atoms with E-state index in [4.69, 9.17) is 5.73 Å². The minimum atomic E-state index is 0.868. The Morgan fingerprint density at radius 2 is 1.85 bits per heavy atom. The van der Waals surface area contributed by atoms with Gasteiger partial charge in [-0.3, -0.25) is 0 Å². The van der Waals surface area contributed by atoms with E-state index in [0.717, 1.165) is 12.5 Å². The third kappa shape index (κ3) is 5.58. The molecule has 0 spiro atoms. The maximum atomic E-state index is 5.44. The van der Waals surface area contributed by atoms with E-state index in [-0.39, 0.29) is 0 Å². The molecule has 0 aromatic carbocycles. The molecule has 0 radical (unpaired) electrons. The van der Waals surface area contributed by atoms with Crippen molar-refractivity contribution in [2.75, 3.05) is 18.1 Å². The highest BCUT2D eigenvalue weighted by molar-refractivity contribution is 7.99. The van der Waals surface area contributed by atoms with Gasteiger partial charge in [0.05, 0.1) is 0 Å². The Labute approximate surface area is 86.8 Å². The van der Waals surface area contributed by atoms with Crippen LogP contribution in [0.5, 0.6) is 0 Å². The summed E-state index contributed by atoms with van der Waals surface area (Å²) >= 11 is 2.16. The van der Waals surface area contributed by atoms with E-state index in [0.29, 0.717) is 0 Å². The summed E-state index contributed by atoms with van der Waals surface area (Å²) in [5, 5.41) is 0. The molecule has 1 saturated carbocycles. The molecule has 1 aliphatic rings. The van der Waals surface area contributed by atoms with E-state index < -0.39 is 0 Å². The van der Waals surface area contributed by atoms with Crippen LogP contribution in [0.3, 0.4) is 0 Å². The van der Waals surface area contributed by atoms with Gasteiger partial charge in [-0.2, -0.15) is 11.8 Å². The van der Waals surface area contributed by atoms with Crippen LogP contribution in [0.25, 0.3) is 0 Å². The van der Waals surface area contributed by atoms with E-state index in [1.54, 1.807) is 0 Å². The molecule has 0 amide bonds. The van der Waals surface area contributed by atoms with Gasteiger partial charge in [0.25, 0.3) is 0 Å². The van der Waals surface area contributed by atoms with E-state index in [2.05, 4.69) is 11.8 Å². The van der Waals surface area contributed by atoms with Crippen LogP contribution in [0.1, 0.15) is 44.9 Å². The molecule has 1 rings (SSSR count). The second-order valence-corrected chi connectivity index (χ2v) is 5.22. The van der Waals surface area contributed by atoms with Gasteiger partial charge in [0, 0.05) is 0 Å². The Kier molecular flexibility index (Phi) is 6.73. The molecule has 0 aliphatic heterocycles. The summed E-state index contributed by atoms with van der Waals surface area (Å²) in [6, 6.07) is 0. The molecule has 1 fully saturated rings. The lowest BCUT2D eigenvalue weighted by Gasteiger charge is -2.07. The van der Waals surface area contributed by atoms with Crippen LogP contribution in [-0.2, 0) is 0 Å². The summed E-state index contributed by atoms with van der Waals surface area (Å²) in [5.74, 6) is 3.83. The maximum Gasteiger partial charge on any atom is -0.00391 e. The summed E-state index contributed by atoms with van der Waals surface area (Å²) in [5.41, 5.74) is 5.44. The molecule has 2 heteroatoms. The number of hydrogen-bond donors (Lipinski definition) is 1. The van der Waals surface area contributed by atoms with Crippen molar-refractivity contribution in [2.45, 2.75) is 44.9 Å². The lowest BCUT2D eigenvalue weighted by Crippen LogP contribution is -1.99. The number of nitrogens with two attached hydrogens (primary N) is 1. The zero-order valence-electron chi connectivity index (χ0n) is 8.63. The zero-order valence-corrected chi connectivity index (χ0v) is 9.45. The Morgan fingerprint density at radius 3 is 2.54 bits per heavy atom. The molecule has 0 atom stereocenters. The van der Waals surface area contributed by atoms with Gasteiger partial charge in [-0.1, -0.05) is 19.3 Å². The van der Waals surface area contributed by atoms with E-state index >= 15 is 0 Å². The van der Waals surface area contributed by atoms with Crippen molar-refractivity contribution in [1.29, 1.82) is 0 Å². The predicted octanol–water partition coefficient (Wildman–Crippen LogP) is 3.04. The van der Waals surface area contributed by atoms with Crippen molar-refractivity contribution < 1.29 is 0 Å². The molecule has 0 saturated heterocycles. The molecule has 2 N–H and O–H groups in total. The summed E-state index contributed by atoms with van der Waals surface area (Å²) in [6.07, 6.45) is 9.87. The first-order chi connectivity index (χ1) is 6.43. The highest BCUT2D eigenvalue weighted by Gasteiger charge is 2.13. The average molecular weight is 201 g/mol. The molecule has 78 valence electrons. The Hall–Kier alpha value is 0.310. The van der Waals surface area contributed by atoms with Crippen molar-refractivity contribution >= 4 is 11.8 Å². The molecule has 1 aliphatic carbocycles. The van der Waals surface area contributed by atoms with Gasteiger partial charge >= 0.3 is 0 Å². The molecular formula is C11H23NS. The number of hydrogen-bond acceptors (Lipinski definition) is 2. The highest BCUT2D eigenvalue weighted by Crippen LogP contribution is 2.28. The first kappa shape index (κ1) is 11.4. The molecule has 0 unspecified atom stereocenters. The quantitative estimate of drug-likeness (QED) is 0.641. The average Bonchev–Trinajstić information content (AvgIpc) is 2.63. The zero-order chi connectivity index (χ0) is 9.36. The van der Waals surface area contributed by atoms with Crippen molar-refractivity contribution in [3.63, 3.8) is 0 Å². The monoisotopic (exact) mass is 201 g/mol. The maximum absolute atomic E-state index is 5.44. The summed E-state index contributed by atoms with van der Waals surface area (Å²) in [4.78, 5) is 0. The smallest absolute Gasteiger partial charge is 0.00391 e. The molecule has 0 heterocycles. The van der Waals surface area contributed by atoms with Crippen molar-refractivity contribution in [3.8, 4) is 0 Å². The Morgan fingerprint density at radius 1 is 1.08 bits per heavy atom. The van der Waals surface area contributed by atoms with Gasteiger partial charge < -0.3 is 5.73 Å². The third-order valence-corrected chi connectivity index (χ3v) is 4.11. The third-order valence-electron chi connectivity index (χ3n) is 2.82. The first-order valence-electron chi connectivity index (χ1n) is 5.71. The molecule has 0 aromatic heterocycles. The predicted molar refractivity (Wildman–Crippen MR) is 62.2 cm³/mol. The molecule has 0 bridgehead atoms. The molecule has 0 aromatic rings. The number of unbranched alkanes of at least 4 members (excludes halogenated alkanes) is 2. The first-order valence-corrected chi connectivity index (χ1v) is 6.87. The minimum Gasteiger partial charge on any atom is -0.330 e. The summed E-state index contributed by atoms with van der Waals surface area (Å²) in [6.45, 7) is 0.868. The lowest BCUT2D eigenvalue weighted by molar-refractivity contribution is 0.622. The van der Waals surface area contributed by atoms with Crippen LogP contribution in [-0.4, -0.2) is 18.1 Å². The second kappa shape index (κ2) is 7.69. The highest BCUT2D eigenvalue weighted by atomic mass is 32.2. The van der Waals surface area contributed by atoms with Crippen LogP contribution in [0.4, 0.5) is 0 Å². The summed E-state index contributed by atoms with van der Waals surface area (Å²) in [7, 11) is 0. The Balaban J connectivity index is 1.78. The van der Waals surface area contributed by atoms with Gasteiger partial charge in [-0.25, -0.2) is 0 Å². The van der Waals surface area contributed by atoms with Gasteiger partial charge in [0.15, 0.2) is 0 Å². The van der Waals surface area contributed by atoms with Gasteiger partial charge in [-0.05, 0) is 49.7 Å². The Bertz CT molecular complexity index is 111. The van der Waals surface area contributed by atoms with E-state index in [1.165, 1.54) is 56.5 Å². The molecular weight excluding hydrogens is 178 g/mol. The SMILES string of the molecule is NCCCCCSCC1CCCC1. The van der Waals surface area contributed by atoms with Gasteiger partial charge in [0.2, 0.25) is 0 Å². The molecule has 1 nitrogen and oxygen atoms in total. The number of rotatable bonds is 7. The van der Waals surface area contributed by atoms with Gasteiger partial charge in [0.1, 0.15) is 0 Å². The van der Waals surface area contributed by atoms with Crippen molar-refractivity contribution in [1.82, 2.24) is 0 Å². The van der Waals surface area contributed by atoms with Gasteiger partial charge in [-0.15, -0.1) is 0 Å². The van der Waals surface area contributed by atoms with Crippen LogP contribution >= 0.6 is 11.8 Å². The summed E-state index contributed by atoms with van der Waals surface area (Å²) < 4.78 is 0. The van der Waals surface area contributed by atoms with Crippen LogP contribution in [0.2, 0.25) is 0 Å². The standard InChI is InChI=1S/C11H23NS/c12-8-4-1-5-9-13-10-11-6-2-3-7-11/h11H,1-10,12H2. The van der Waals surface area contributed by atoms with Crippen LogP contribution in [0, 0.1) is 5.92 Å². The largest absolute Gasteiger partial charge is 0.330 e. The minimum absolute atomic E-state index is 0.868. The fourth-order valence-corrected chi connectivity index (χ4v) is 3.19. The van der Waals surface area contributed by atoms with E-state index in [9.17, 15) is 0 Å². The number of thioether (sulfide) groups is 1. The van der Waals surface area contributed by atoms with Crippen LogP contribution < -0.4 is 5.73 Å². The fourth-order valence-electron chi connectivity index (χ4n) is 1.95. The molecule has 13 heavy (non-hydrogen) atoms. The lowest BCUT2D eigenvalue weighted by atomic mass is 10.1. The normalized spacial score (nSPS) is 18.2. The van der Waals surface area contributed by atoms with E-state index in [1.807, 2.05) is 0 Å². The van der Waals surface area contributed by atoms with Crippen molar-refractivity contribution in [2.24, 2.45) is 11.7 Å². The van der Waals surface area contributed by atoms with Crippen LogP contribution in [0.15, 0.2) is 0 Å². The topological polar surface area (TPSA) is 26.0 Å². The fraction of sp³-hybridized carbons (Fsp3) is 1.00. The second-order valence-electron chi connectivity index (χ2n) is 4.07.